The Hall–Kier alpha value is -1.42. The SMILES string of the molecule is CCC1CCC(NC)C(Cc2cccc([N+](=O)[O-])c2)C1. The summed E-state index contributed by atoms with van der Waals surface area (Å²) < 4.78 is 0. The molecule has 1 aliphatic carbocycles. The van der Waals surface area contributed by atoms with Gasteiger partial charge in [0.15, 0.2) is 0 Å². The lowest BCUT2D eigenvalue weighted by atomic mass is 9.74. The van der Waals surface area contributed by atoms with Crippen LogP contribution < -0.4 is 5.32 Å². The summed E-state index contributed by atoms with van der Waals surface area (Å²) in [6.07, 6.45) is 5.91. The minimum absolute atomic E-state index is 0.200. The van der Waals surface area contributed by atoms with E-state index in [-0.39, 0.29) is 10.6 Å². The quantitative estimate of drug-likeness (QED) is 0.661. The molecule has 1 N–H and O–H groups in total. The lowest BCUT2D eigenvalue weighted by molar-refractivity contribution is -0.384. The summed E-state index contributed by atoms with van der Waals surface area (Å²) in [6, 6.07) is 7.63. The van der Waals surface area contributed by atoms with E-state index in [2.05, 4.69) is 12.2 Å². The molecule has 4 heteroatoms. The van der Waals surface area contributed by atoms with E-state index in [1.807, 2.05) is 13.1 Å². The summed E-state index contributed by atoms with van der Waals surface area (Å²) in [5.41, 5.74) is 1.28. The third-order valence-corrected chi connectivity index (χ3v) is 4.66. The van der Waals surface area contributed by atoms with Crippen LogP contribution in [0.15, 0.2) is 24.3 Å². The van der Waals surface area contributed by atoms with E-state index < -0.39 is 0 Å². The van der Waals surface area contributed by atoms with Gasteiger partial charge >= 0.3 is 0 Å². The summed E-state index contributed by atoms with van der Waals surface area (Å²) in [5.74, 6) is 1.39. The number of non-ortho nitro benzene ring substituents is 1. The zero-order chi connectivity index (χ0) is 14.5. The smallest absolute Gasteiger partial charge is 0.269 e. The molecule has 0 spiro atoms. The van der Waals surface area contributed by atoms with Crippen LogP contribution in [0.2, 0.25) is 0 Å². The molecule has 110 valence electrons. The second kappa shape index (κ2) is 6.84. The fourth-order valence-electron chi connectivity index (χ4n) is 3.44. The van der Waals surface area contributed by atoms with Gasteiger partial charge in [-0.25, -0.2) is 0 Å². The van der Waals surface area contributed by atoms with Crippen LogP contribution in [0, 0.1) is 22.0 Å². The maximum atomic E-state index is 10.9. The molecule has 0 heterocycles. The Kier molecular flexibility index (Phi) is 5.12. The van der Waals surface area contributed by atoms with Gasteiger partial charge in [0.2, 0.25) is 0 Å². The Bertz CT molecular complexity index is 462. The van der Waals surface area contributed by atoms with E-state index in [1.54, 1.807) is 18.2 Å². The fourth-order valence-corrected chi connectivity index (χ4v) is 3.44. The molecule has 1 aliphatic rings. The van der Waals surface area contributed by atoms with Crippen LogP contribution in [0.1, 0.15) is 38.2 Å². The summed E-state index contributed by atoms with van der Waals surface area (Å²) in [6.45, 7) is 2.26. The highest BCUT2D eigenvalue weighted by atomic mass is 16.6. The molecular weight excluding hydrogens is 252 g/mol. The van der Waals surface area contributed by atoms with Crippen molar-refractivity contribution >= 4 is 5.69 Å². The molecule has 3 unspecified atom stereocenters. The molecule has 0 radical (unpaired) electrons. The van der Waals surface area contributed by atoms with Gasteiger partial charge in [-0.15, -0.1) is 0 Å². The van der Waals surface area contributed by atoms with Gasteiger partial charge in [0, 0.05) is 18.2 Å². The predicted molar refractivity (Wildman–Crippen MR) is 80.8 cm³/mol. The average Bonchev–Trinajstić information content (AvgIpc) is 2.47. The minimum atomic E-state index is -0.311. The van der Waals surface area contributed by atoms with Crippen molar-refractivity contribution in [2.24, 2.45) is 11.8 Å². The van der Waals surface area contributed by atoms with Crippen molar-refractivity contribution in [3.8, 4) is 0 Å². The van der Waals surface area contributed by atoms with Gasteiger partial charge in [0.05, 0.1) is 4.92 Å². The van der Waals surface area contributed by atoms with Gasteiger partial charge in [-0.3, -0.25) is 10.1 Å². The summed E-state index contributed by atoms with van der Waals surface area (Å²) in [7, 11) is 2.03. The Morgan fingerprint density at radius 2 is 2.20 bits per heavy atom. The Morgan fingerprint density at radius 1 is 1.40 bits per heavy atom. The van der Waals surface area contributed by atoms with Gasteiger partial charge in [0.25, 0.3) is 5.69 Å². The lowest BCUT2D eigenvalue weighted by Gasteiger charge is -2.36. The second-order valence-corrected chi connectivity index (χ2v) is 5.87. The molecule has 0 saturated heterocycles. The zero-order valence-electron chi connectivity index (χ0n) is 12.3. The molecule has 20 heavy (non-hydrogen) atoms. The van der Waals surface area contributed by atoms with Crippen LogP contribution in [0.4, 0.5) is 5.69 Å². The molecule has 0 amide bonds. The Morgan fingerprint density at radius 3 is 2.85 bits per heavy atom. The first-order valence-corrected chi connectivity index (χ1v) is 7.54. The number of nitro benzene ring substituents is 1. The molecule has 1 saturated carbocycles. The minimum Gasteiger partial charge on any atom is -0.317 e. The molecule has 0 aliphatic heterocycles. The van der Waals surface area contributed by atoms with Crippen molar-refractivity contribution in [1.29, 1.82) is 0 Å². The van der Waals surface area contributed by atoms with E-state index in [1.165, 1.54) is 25.7 Å². The zero-order valence-corrected chi connectivity index (χ0v) is 12.3. The molecule has 2 rings (SSSR count). The van der Waals surface area contributed by atoms with Crippen molar-refractivity contribution < 1.29 is 4.92 Å². The first kappa shape index (κ1) is 15.0. The van der Waals surface area contributed by atoms with Crippen LogP contribution >= 0.6 is 0 Å². The highest BCUT2D eigenvalue weighted by molar-refractivity contribution is 5.34. The van der Waals surface area contributed by atoms with Crippen LogP contribution in [0.25, 0.3) is 0 Å². The van der Waals surface area contributed by atoms with E-state index >= 15 is 0 Å². The summed E-state index contributed by atoms with van der Waals surface area (Å²) >= 11 is 0. The Labute approximate surface area is 120 Å². The van der Waals surface area contributed by atoms with Crippen LogP contribution in [0.3, 0.4) is 0 Å². The van der Waals surface area contributed by atoms with E-state index in [0.29, 0.717) is 12.0 Å². The highest BCUT2D eigenvalue weighted by Gasteiger charge is 2.28. The van der Waals surface area contributed by atoms with Crippen LogP contribution in [-0.4, -0.2) is 18.0 Å². The monoisotopic (exact) mass is 276 g/mol. The van der Waals surface area contributed by atoms with Crippen molar-refractivity contribution in [2.75, 3.05) is 7.05 Å². The van der Waals surface area contributed by atoms with Gasteiger partial charge in [-0.1, -0.05) is 25.5 Å². The van der Waals surface area contributed by atoms with Crippen molar-refractivity contribution in [1.82, 2.24) is 5.32 Å². The maximum absolute atomic E-state index is 10.9. The van der Waals surface area contributed by atoms with E-state index in [9.17, 15) is 10.1 Å². The van der Waals surface area contributed by atoms with E-state index in [0.717, 1.165) is 17.9 Å². The van der Waals surface area contributed by atoms with Crippen molar-refractivity contribution in [3.63, 3.8) is 0 Å². The topological polar surface area (TPSA) is 55.2 Å². The van der Waals surface area contributed by atoms with Gasteiger partial charge in [0.1, 0.15) is 0 Å². The number of hydrogen-bond acceptors (Lipinski definition) is 3. The second-order valence-electron chi connectivity index (χ2n) is 5.87. The summed E-state index contributed by atoms with van der Waals surface area (Å²) in [5, 5.41) is 14.3. The van der Waals surface area contributed by atoms with Gasteiger partial charge < -0.3 is 5.32 Å². The molecule has 0 bridgehead atoms. The molecule has 1 aromatic rings. The third-order valence-electron chi connectivity index (χ3n) is 4.66. The lowest BCUT2D eigenvalue weighted by Crippen LogP contribution is -2.39. The Balaban J connectivity index is 2.09. The molecule has 3 atom stereocenters. The average molecular weight is 276 g/mol. The number of benzene rings is 1. The van der Waals surface area contributed by atoms with Gasteiger partial charge in [-0.05, 0) is 50.1 Å². The van der Waals surface area contributed by atoms with Crippen molar-refractivity contribution in [3.05, 3.63) is 39.9 Å². The third kappa shape index (κ3) is 3.57. The highest BCUT2D eigenvalue weighted by Crippen LogP contribution is 2.33. The van der Waals surface area contributed by atoms with Crippen molar-refractivity contribution in [2.45, 2.75) is 45.1 Å². The molecule has 4 nitrogen and oxygen atoms in total. The van der Waals surface area contributed by atoms with Gasteiger partial charge in [-0.2, -0.15) is 0 Å². The standard InChI is InChI=1S/C16H24N2O2/c1-3-12-7-8-16(17-2)14(9-12)10-13-5-4-6-15(11-13)18(19)20/h4-6,11-12,14,16-17H,3,7-10H2,1-2H3. The first-order chi connectivity index (χ1) is 9.63. The van der Waals surface area contributed by atoms with E-state index in [4.69, 9.17) is 0 Å². The first-order valence-electron chi connectivity index (χ1n) is 7.54. The number of nitro groups is 1. The largest absolute Gasteiger partial charge is 0.317 e. The number of nitrogens with zero attached hydrogens (tertiary/aromatic N) is 1. The summed E-state index contributed by atoms with van der Waals surface area (Å²) in [4.78, 5) is 10.5. The number of rotatable bonds is 5. The molecule has 1 aromatic carbocycles. The van der Waals surface area contributed by atoms with Crippen LogP contribution in [-0.2, 0) is 6.42 Å². The predicted octanol–water partition coefficient (Wildman–Crippen LogP) is 3.55. The number of nitrogens with one attached hydrogen (secondary N) is 1. The molecular formula is C16H24N2O2. The molecule has 1 fully saturated rings. The van der Waals surface area contributed by atoms with Crippen LogP contribution in [0.5, 0.6) is 0 Å². The fraction of sp³-hybridized carbons (Fsp3) is 0.625. The molecule has 0 aromatic heterocycles. The maximum Gasteiger partial charge on any atom is 0.269 e. The normalized spacial score (nSPS) is 26.4. The number of hydrogen-bond donors (Lipinski definition) is 1.